The summed E-state index contributed by atoms with van der Waals surface area (Å²) in [5, 5.41) is 3.84. The molecule has 1 aromatic carbocycles. The zero-order valence-corrected chi connectivity index (χ0v) is 11.3. The van der Waals surface area contributed by atoms with Crippen molar-refractivity contribution in [2.24, 2.45) is 0 Å². The van der Waals surface area contributed by atoms with Crippen molar-refractivity contribution in [2.75, 3.05) is 0 Å². The molecule has 18 heavy (non-hydrogen) atoms. The summed E-state index contributed by atoms with van der Waals surface area (Å²) in [6.45, 7) is 0. The van der Waals surface area contributed by atoms with E-state index in [1.54, 1.807) is 6.07 Å². The molecule has 0 fully saturated rings. The van der Waals surface area contributed by atoms with Crippen LogP contribution in [0.3, 0.4) is 0 Å². The van der Waals surface area contributed by atoms with Gasteiger partial charge in [-0.1, -0.05) is 17.8 Å². The molecular formula is C12H6ClFN2S2. The fourth-order valence-electron chi connectivity index (χ4n) is 1.52. The van der Waals surface area contributed by atoms with Crippen LogP contribution in [0.2, 0.25) is 5.28 Å². The lowest BCUT2D eigenvalue weighted by Crippen LogP contribution is -1.86. The van der Waals surface area contributed by atoms with Crippen molar-refractivity contribution in [1.82, 2.24) is 9.97 Å². The summed E-state index contributed by atoms with van der Waals surface area (Å²) in [5.41, 5.74) is 0. The molecular weight excluding hydrogens is 291 g/mol. The van der Waals surface area contributed by atoms with E-state index < -0.39 is 0 Å². The molecule has 0 saturated heterocycles. The summed E-state index contributed by atoms with van der Waals surface area (Å²) >= 11 is 8.76. The molecule has 0 bridgehead atoms. The standard InChI is InChI=1S/C12H6ClFN2S2/c13-12-15-10-9(4-5-17-10)11(16-12)18-8-3-1-2-7(14)6-8/h1-6H. The van der Waals surface area contributed by atoms with Crippen LogP contribution in [-0.2, 0) is 0 Å². The number of halogens is 2. The summed E-state index contributed by atoms with van der Waals surface area (Å²) in [5.74, 6) is -0.262. The smallest absolute Gasteiger partial charge is 0.210 e. The van der Waals surface area contributed by atoms with Gasteiger partial charge in [-0.05, 0) is 41.2 Å². The van der Waals surface area contributed by atoms with Crippen LogP contribution in [0.15, 0.2) is 45.6 Å². The SMILES string of the molecule is Fc1cccc(Sc2nc(Cl)nc3sccc23)c1. The Kier molecular flexibility index (Phi) is 3.20. The van der Waals surface area contributed by atoms with Crippen molar-refractivity contribution in [2.45, 2.75) is 9.92 Å². The quantitative estimate of drug-likeness (QED) is 0.509. The summed E-state index contributed by atoms with van der Waals surface area (Å²) in [6.07, 6.45) is 0. The molecule has 0 spiro atoms. The minimum absolute atomic E-state index is 0.212. The predicted molar refractivity (Wildman–Crippen MR) is 72.9 cm³/mol. The molecule has 0 radical (unpaired) electrons. The summed E-state index contributed by atoms with van der Waals surface area (Å²) in [6, 6.07) is 8.33. The second-order valence-electron chi connectivity index (χ2n) is 3.50. The van der Waals surface area contributed by atoms with Crippen LogP contribution in [0, 0.1) is 5.82 Å². The van der Waals surface area contributed by atoms with Crippen molar-refractivity contribution in [3.63, 3.8) is 0 Å². The number of hydrogen-bond acceptors (Lipinski definition) is 4. The number of benzene rings is 1. The molecule has 2 heterocycles. The van der Waals surface area contributed by atoms with Gasteiger partial charge < -0.3 is 0 Å². The fourth-order valence-corrected chi connectivity index (χ4v) is 3.57. The zero-order chi connectivity index (χ0) is 12.5. The number of thiophene rings is 1. The molecule has 3 rings (SSSR count). The first-order valence-corrected chi connectivity index (χ1v) is 7.14. The third kappa shape index (κ3) is 2.34. The first-order chi connectivity index (χ1) is 8.72. The second-order valence-corrected chi connectivity index (χ2v) is 5.79. The molecule has 90 valence electrons. The van der Waals surface area contributed by atoms with Crippen molar-refractivity contribution in [1.29, 1.82) is 0 Å². The highest BCUT2D eigenvalue weighted by Crippen LogP contribution is 2.34. The van der Waals surface area contributed by atoms with Gasteiger partial charge in [0.1, 0.15) is 15.7 Å². The van der Waals surface area contributed by atoms with E-state index >= 15 is 0 Å². The number of fused-ring (bicyclic) bond motifs is 1. The van der Waals surface area contributed by atoms with Crippen LogP contribution in [0.25, 0.3) is 10.2 Å². The van der Waals surface area contributed by atoms with E-state index in [2.05, 4.69) is 9.97 Å². The van der Waals surface area contributed by atoms with Gasteiger partial charge in [0.05, 0.1) is 0 Å². The van der Waals surface area contributed by atoms with Crippen LogP contribution < -0.4 is 0 Å². The molecule has 0 aliphatic carbocycles. The molecule has 2 nitrogen and oxygen atoms in total. The van der Waals surface area contributed by atoms with Gasteiger partial charge in [0, 0.05) is 10.3 Å². The Bertz CT molecular complexity index is 714. The van der Waals surface area contributed by atoms with Gasteiger partial charge in [-0.3, -0.25) is 0 Å². The Labute approximate surface area is 116 Å². The van der Waals surface area contributed by atoms with Crippen molar-refractivity contribution >= 4 is 44.9 Å². The van der Waals surface area contributed by atoms with Crippen molar-refractivity contribution < 1.29 is 4.39 Å². The van der Waals surface area contributed by atoms with E-state index in [4.69, 9.17) is 11.6 Å². The van der Waals surface area contributed by atoms with Gasteiger partial charge in [0.2, 0.25) is 5.28 Å². The Hall–Kier alpha value is -1.17. The van der Waals surface area contributed by atoms with E-state index in [1.165, 1.54) is 35.2 Å². The number of rotatable bonds is 2. The van der Waals surface area contributed by atoms with Gasteiger partial charge in [-0.25, -0.2) is 14.4 Å². The fraction of sp³-hybridized carbons (Fsp3) is 0. The minimum Gasteiger partial charge on any atom is -0.210 e. The van der Waals surface area contributed by atoms with Crippen molar-refractivity contribution in [3.8, 4) is 0 Å². The van der Waals surface area contributed by atoms with Crippen LogP contribution in [0.1, 0.15) is 0 Å². The maximum absolute atomic E-state index is 13.1. The Morgan fingerprint density at radius 1 is 1.22 bits per heavy atom. The lowest BCUT2D eigenvalue weighted by molar-refractivity contribution is 0.624. The Morgan fingerprint density at radius 3 is 2.94 bits per heavy atom. The molecule has 0 saturated carbocycles. The average molecular weight is 297 g/mol. The van der Waals surface area contributed by atoms with E-state index in [0.29, 0.717) is 0 Å². The third-order valence-electron chi connectivity index (χ3n) is 2.27. The summed E-state index contributed by atoms with van der Waals surface area (Å²) < 4.78 is 13.1. The van der Waals surface area contributed by atoms with Crippen LogP contribution in [-0.4, -0.2) is 9.97 Å². The lowest BCUT2D eigenvalue weighted by atomic mass is 10.3. The van der Waals surface area contributed by atoms with E-state index in [-0.39, 0.29) is 11.1 Å². The highest BCUT2D eigenvalue weighted by molar-refractivity contribution is 7.99. The van der Waals surface area contributed by atoms with Gasteiger partial charge in [0.15, 0.2) is 0 Å². The molecule has 0 unspecified atom stereocenters. The highest BCUT2D eigenvalue weighted by atomic mass is 35.5. The molecule has 0 N–H and O–H groups in total. The van der Waals surface area contributed by atoms with E-state index in [9.17, 15) is 4.39 Å². The monoisotopic (exact) mass is 296 g/mol. The molecule has 0 amide bonds. The first-order valence-electron chi connectivity index (χ1n) is 5.06. The number of aromatic nitrogens is 2. The van der Waals surface area contributed by atoms with Crippen LogP contribution in [0.4, 0.5) is 4.39 Å². The lowest BCUT2D eigenvalue weighted by Gasteiger charge is -2.03. The molecule has 0 aliphatic rings. The Balaban J connectivity index is 2.06. The van der Waals surface area contributed by atoms with Gasteiger partial charge >= 0.3 is 0 Å². The van der Waals surface area contributed by atoms with Crippen molar-refractivity contribution in [3.05, 3.63) is 46.8 Å². The highest BCUT2D eigenvalue weighted by Gasteiger charge is 2.09. The molecule has 2 aromatic heterocycles. The maximum Gasteiger partial charge on any atom is 0.224 e. The number of hydrogen-bond donors (Lipinski definition) is 0. The predicted octanol–water partition coefficient (Wildman–Crippen LogP) is 4.64. The second kappa shape index (κ2) is 4.84. The van der Waals surface area contributed by atoms with E-state index in [1.807, 2.05) is 17.5 Å². The molecule has 3 aromatic rings. The topological polar surface area (TPSA) is 25.8 Å². The summed E-state index contributed by atoms with van der Waals surface area (Å²) in [7, 11) is 0. The number of nitrogens with zero attached hydrogens (tertiary/aromatic N) is 2. The Morgan fingerprint density at radius 2 is 2.11 bits per heavy atom. The third-order valence-corrected chi connectivity index (χ3v) is 4.24. The van der Waals surface area contributed by atoms with Crippen LogP contribution in [0.5, 0.6) is 0 Å². The maximum atomic E-state index is 13.1. The van der Waals surface area contributed by atoms with Crippen LogP contribution >= 0.6 is 34.7 Å². The molecule has 0 aliphatic heterocycles. The first kappa shape index (κ1) is 11.9. The van der Waals surface area contributed by atoms with E-state index in [0.717, 1.165) is 20.1 Å². The minimum atomic E-state index is -0.262. The molecule has 6 heteroatoms. The van der Waals surface area contributed by atoms with Gasteiger partial charge in [0.25, 0.3) is 0 Å². The average Bonchev–Trinajstić information content (AvgIpc) is 2.77. The zero-order valence-electron chi connectivity index (χ0n) is 8.93. The normalized spacial score (nSPS) is 11.0. The largest absolute Gasteiger partial charge is 0.224 e. The van der Waals surface area contributed by atoms with Gasteiger partial charge in [-0.15, -0.1) is 11.3 Å². The molecule has 0 atom stereocenters. The summed E-state index contributed by atoms with van der Waals surface area (Å²) in [4.78, 5) is 9.97. The van der Waals surface area contributed by atoms with Gasteiger partial charge in [-0.2, -0.15) is 0 Å².